The Bertz CT molecular complexity index is 574. The highest BCUT2D eigenvalue weighted by Gasteiger charge is 2.25. The molecule has 5 N–H and O–H groups in total. The van der Waals surface area contributed by atoms with E-state index in [9.17, 15) is 9.59 Å². The van der Waals surface area contributed by atoms with Crippen LogP contribution in [0.15, 0.2) is 24.3 Å². The Morgan fingerprint density at radius 2 is 2.00 bits per heavy atom. The molecule has 0 aromatic heterocycles. The second kappa shape index (κ2) is 8.68. The number of rotatable bonds is 5. The predicted molar refractivity (Wildman–Crippen MR) is 96.0 cm³/mol. The van der Waals surface area contributed by atoms with Crippen molar-refractivity contribution in [3.8, 4) is 0 Å². The third-order valence-electron chi connectivity index (χ3n) is 4.33. The number of nitrogens with one attached hydrogen (secondary N) is 3. The lowest BCUT2D eigenvalue weighted by Crippen LogP contribution is -2.44. The normalized spacial score (nSPS) is 20.5. The Morgan fingerprint density at radius 3 is 2.71 bits per heavy atom. The molecule has 1 aliphatic rings. The predicted octanol–water partition coefficient (Wildman–Crippen LogP) is 2.46. The number of nitrogens with two attached hydrogens (primary N) is 1. The Balaban J connectivity index is 1.99. The Morgan fingerprint density at radius 1 is 1.25 bits per heavy atom. The number of hydrogen-bond donors (Lipinski definition) is 4. The lowest BCUT2D eigenvalue weighted by molar-refractivity contribution is 0.0908. The van der Waals surface area contributed by atoms with Crippen LogP contribution in [-0.2, 0) is 0 Å². The summed E-state index contributed by atoms with van der Waals surface area (Å²) < 4.78 is 0. The van der Waals surface area contributed by atoms with E-state index in [0.29, 0.717) is 23.7 Å². The summed E-state index contributed by atoms with van der Waals surface area (Å²) in [5, 5.41) is 8.60. The van der Waals surface area contributed by atoms with Gasteiger partial charge in [-0.25, -0.2) is 4.79 Å². The highest BCUT2D eigenvalue weighted by molar-refractivity contribution is 5.97. The van der Waals surface area contributed by atoms with E-state index < -0.39 is 0 Å². The van der Waals surface area contributed by atoms with E-state index in [-0.39, 0.29) is 24.0 Å². The molecule has 1 fully saturated rings. The molecule has 2 atom stereocenters. The standard InChI is InChI=1S/C18H28N4O2/c1-12(2)20-18(24)21-15-8-5-7-13(10-15)17(23)22-16-9-4-3-6-14(16)11-19/h5,7-8,10,12,14,16H,3-4,6,9,11,19H2,1-2H3,(H,22,23)(H2,20,21,24). The number of urea groups is 1. The van der Waals surface area contributed by atoms with Crippen molar-refractivity contribution in [1.82, 2.24) is 10.6 Å². The van der Waals surface area contributed by atoms with Gasteiger partial charge < -0.3 is 21.7 Å². The lowest BCUT2D eigenvalue weighted by Gasteiger charge is -2.31. The molecule has 132 valence electrons. The van der Waals surface area contributed by atoms with Crippen molar-refractivity contribution in [3.63, 3.8) is 0 Å². The van der Waals surface area contributed by atoms with Gasteiger partial charge in [-0.05, 0) is 57.4 Å². The van der Waals surface area contributed by atoms with Gasteiger partial charge >= 0.3 is 6.03 Å². The van der Waals surface area contributed by atoms with Crippen molar-refractivity contribution < 1.29 is 9.59 Å². The van der Waals surface area contributed by atoms with Crippen LogP contribution >= 0.6 is 0 Å². The van der Waals surface area contributed by atoms with Gasteiger partial charge in [-0.3, -0.25) is 4.79 Å². The Hall–Kier alpha value is -2.08. The van der Waals surface area contributed by atoms with E-state index in [2.05, 4.69) is 16.0 Å². The molecule has 1 aromatic rings. The molecule has 24 heavy (non-hydrogen) atoms. The van der Waals surface area contributed by atoms with Crippen LogP contribution in [0.5, 0.6) is 0 Å². The summed E-state index contributed by atoms with van der Waals surface area (Å²) in [6.45, 7) is 4.38. The topological polar surface area (TPSA) is 96.2 Å². The molecule has 1 aromatic carbocycles. The molecule has 0 heterocycles. The van der Waals surface area contributed by atoms with Crippen molar-refractivity contribution in [2.45, 2.75) is 51.6 Å². The van der Waals surface area contributed by atoms with Crippen LogP contribution in [0.1, 0.15) is 49.9 Å². The third kappa shape index (κ3) is 5.23. The maximum Gasteiger partial charge on any atom is 0.319 e. The first-order chi connectivity index (χ1) is 11.5. The molecule has 1 saturated carbocycles. The van der Waals surface area contributed by atoms with Gasteiger partial charge in [0.05, 0.1) is 0 Å². The summed E-state index contributed by atoms with van der Waals surface area (Å²) in [6, 6.07) is 6.88. The Labute approximate surface area is 143 Å². The van der Waals surface area contributed by atoms with Crippen molar-refractivity contribution in [1.29, 1.82) is 0 Å². The quantitative estimate of drug-likeness (QED) is 0.667. The van der Waals surface area contributed by atoms with Gasteiger partial charge in [0.2, 0.25) is 0 Å². The smallest absolute Gasteiger partial charge is 0.319 e. The summed E-state index contributed by atoms with van der Waals surface area (Å²) in [5.74, 6) is 0.231. The maximum atomic E-state index is 12.5. The number of carbonyl (C=O) groups excluding carboxylic acids is 2. The molecule has 0 bridgehead atoms. The van der Waals surface area contributed by atoms with E-state index in [1.54, 1.807) is 24.3 Å². The SMILES string of the molecule is CC(C)NC(=O)Nc1cccc(C(=O)NC2CCCCC2CN)c1. The van der Waals surface area contributed by atoms with Crippen LogP contribution < -0.4 is 21.7 Å². The van der Waals surface area contributed by atoms with Crippen LogP contribution in [0.2, 0.25) is 0 Å². The average Bonchev–Trinajstić information content (AvgIpc) is 2.54. The van der Waals surface area contributed by atoms with Crippen molar-refractivity contribution >= 4 is 17.6 Å². The largest absolute Gasteiger partial charge is 0.349 e. The first-order valence-corrected chi connectivity index (χ1v) is 8.68. The zero-order valence-electron chi connectivity index (χ0n) is 14.5. The third-order valence-corrected chi connectivity index (χ3v) is 4.33. The van der Waals surface area contributed by atoms with Crippen molar-refractivity contribution in [3.05, 3.63) is 29.8 Å². The summed E-state index contributed by atoms with van der Waals surface area (Å²) in [5.41, 5.74) is 6.96. The second-order valence-corrected chi connectivity index (χ2v) is 6.69. The molecule has 0 aliphatic heterocycles. The fourth-order valence-electron chi connectivity index (χ4n) is 3.10. The highest BCUT2D eigenvalue weighted by Crippen LogP contribution is 2.24. The first-order valence-electron chi connectivity index (χ1n) is 8.68. The Kier molecular flexibility index (Phi) is 6.61. The second-order valence-electron chi connectivity index (χ2n) is 6.69. The lowest BCUT2D eigenvalue weighted by atomic mass is 9.84. The number of hydrogen-bond acceptors (Lipinski definition) is 3. The first kappa shape index (κ1) is 18.3. The zero-order valence-corrected chi connectivity index (χ0v) is 14.5. The monoisotopic (exact) mass is 332 g/mol. The number of benzene rings is 1. The van der Waals surface area contributed by atoms with E-state index >= 15 is 0 Å². The fraction of sp³-hybridized carbons (Fsp3) is 0.556. The minimum atomic E-state index is -0.280. The number of carbonyl (C=O) groups is 2. The van der Waals surface area contributed by atoms with Gasteiger partial charge in [-0.15, -0.1) is 0 Å². The molecular weight excluding hydrogens is 304 g/mol. The summed E-state index contributed by atoms with van der Waals surface area (Å²) in [7, 11) is 0. The molecule has 0 saturated heterocycles. The maximum absolute atomic E-state index is 12.5. The van der Waals surface area contributed by atoms with Gasteiger partial charge in [-0.1, -0.05) is 18.9 Å². The van der Waals surface area contributed by atoms with Crippen LogP contribution in [0.25, 0.3) is 0 Å². The van der Waals surface area contributed by atoms with Crippen LogP contribution in [0.4, 0.5) is 10.5 Å². The van der Waals surface area contributed by atoms with E-state index in [1.807, 2.05) is 13.8 Å². The minimum Gasteiger partial charge on any atom is -0.349 e. The minimum absolute atomic E-state index is 0.0518. The van der Waals surface area contributed by atoms with Crippen LogP contribution in [0.3, 0.4) is 0 Å². The van der Waals surface area contributed by atoms with Gasteiger partial charge in [0.25, 0.3) is 5.91 Å². The van der Waals surface area contributed by atoms with Crippen LogP contribution in [-0.4, -0.2) is 30.6 Å². The van der Waals surface area contributed by atoms with E-state index in [0.717, 1.165) is 19.3 Å². The van der Waals surface area contributed by atoms with Gasteiger partial charge in [-0.2, -0.15) is 0 Å². The number of amides is 3. The van der Waals surface area contributed by atoms with Gasteiger partial charge in [0, 0.05) is 23.3 Å². The molecular formula is C18H28N4O2. The van der Waals surface area contributed by atoms with Crippen molar-refractivity contribution in [2.24, 2.45) is 11.7 Å². The molecule has 1 aliphatic carbocycles. The van der Waals surface area contributed by atoms with Gasteiger partial charge in [0.1, 0.15) is 0 Å². The molecule has 2 rings (SSSR count). The van der Waals surface area contributed by atoms with E-state index in [4.69, 9.17) is 5.73 Å². The summed E-state index contributed by atoms with van der Waals surface area (Å²) >= 11 is 0. The van der Waals surface area contributed by atoms with E-state index in [1.165, 1.54) is 6.42 Å². The average molecular weight is 332 g/mol. The van der Waals surface area contributed by atoms with Gasteiger partial charge in [0.15, 0.2) is 0 Å². The molecule has 3 amide bonds. The summed E-state index contributed by atoms with van der Waals surface area (Å²) in [4.78, 5) is 24.3. The zero-order chi connectivity index (χ0) is 17.5. The number of anilines is 1. The molecule has 6 nitrogen and oxygen atoms in total. The molecule has 0 radical (unpaired) electrons. The molecule has 0 spiro atoms. The van der Waals surface area contributed by atoms with Crippen LogP contribution in [0, 0.1) is 5.92 Å². The highest BCUT2D eigenvalue weighted by atomic mass is 16.2. The fourth-order valence-corrected chi connectivity index (χ4v) is 3.10. The molecule has 2 unspecified atom stereocenters. The molecule has 6 heteroatoms. The van der Waals surface area contributed by atoms with Crippen molar-refractivity contribution in [2.75, 3.05) is 11.9 Å². The summed E-state index contributed by atoms with van der Waals surface area (Å²) in [6.07, 6.45) is 4.35.